The Morgan fingerprint density at radius 1 is 1.23 bits per heavy atom. The van der Waals surface area contributed by atoms with Gasteiger partial charge in [0.25, 0.3) is 5.91 Å². The van der Waals surface area contributed by atoms with E-state index >= 15 is 0 Å². The van der Waals surface area contributed by atoms with Gasteiger partial charge < -0.3 is 15.4 Å². The van der Waals surface area contributed by atoms with Gasteiger partial charge >= 0.3 is 6.61 Å². The highest BCUT2D eigenvalue weighted by Crippen LogP contribution is 2.33. The van der Waals surface area contributed by atoms with Crippen LogP contribution in [-0.4, -0.2) is 43.6 Å². The van der Waals surface area contributed by atoms with Crippen LogP contribution in [0.15, 0.2) is 78.2 Å². The van der Waals surface area contributed by atoms with Gasteiger partial charge in [0.2, 0.25) is 0 Å². The maximum Gasteiger partial charge on any atom is 0.387 e. The summed E-state index contributed by atoms with van der Waals surface area (Å²) in [4.78, 5) is 18.4. The third-order valence-corrected chi connectivity index (χ3v) is 7.14. The van der Waals surface area contributed by atoms with E-state index in [0.29, 0.717) is 39.7 Å². The number of benzene rings is 2. The van der Waals surface area contributed by atoms with E-state index in [2.05, 4.69) is 30.9 Å². The number of ether oxygens (including phenoxy) is 1. The molecule has 40 heavy (non-hydrogen) atoms. The van der Waals surface area contributed by atoms with Crippen molar-refractivity contribution in [2.75, 3.05) is 11.6 Å². The fourth-order valence-electron chi connectivity index (χ4n) is 4.22. The first-order valence-corrected chi connectivity index (χ1v) is 13.7. The smallest absolute Gasteiger partial charge is 0.387 e. The van der Waals surface area contributed by atoms with Gasteiger partial charge in [-0.05, 0) is 48.2 Å². The second-order valence-corrected chi connectivity index (χ2v) is 10.0. The molecular weight excluding hydrogens is 560 g/mol. The third-order valence-electron chi connectivity index (χ3n) is 6.16. The van der Waals surface area contributed by atoms with Crippen LogP contribution in [-0.2, 0) is 13.0 Å². The van der Waals surface area contributed by atoms with Crippen molar-refractivity contribution < 1.29 is 18.3 Å². The molecule has 5 aromatic rings. The zero-order valence-electron chi connectivity index (χ0n) is 21.1. The third kappa shape index (κ3) is 6.41. The highest BCUT2D eigenvalue weighted by molar-refractivity contribution is 7.98. The lowest BCUT2D eigenvalue weighted by molar-refractivity contribution is -0.0507. The van der Waals surface area contributed by atoms with Crippen LogP contribution in [0.5, 0.6) is 5.75 Å². The van der Waals surface area contributed by atoms with Crippen molar-refractivity contribution in [3.05, 3.63) is 101 Å². The van der Waals surface area contributed by atoms with Crippen molar-refractivity contribution in [2.24, 2.45) is 0 Å². The van der Waals surface area contributed by atoms with Crippen molar-refractivity contribution in [2.45, 2.75) is 30.5 Å². The summed E-state index contributed by atoms with van der Waals surface area (Å²) >= 11 is 7.91. The fourth-order valence-corrected chi connectivity index (χ4v) is 4.81. The molecule has 1 amide bonds. The van der Waals surface area contributed by atoms with Crippen molar-refractivity contribution >= 4 is 40.6 Å². The molecule has 3 aromatic heterocycles. The lowest BCUT2D eigenvalue weighted by Crippen LogP contribution is -2.25. The molecule has 5 rings (SSSR count). The molecule has 3 heterocycles. The van der Waals surface area contributed by atoms with Crippen molar-refractivity contribution in [3.63, 3.8) is 0 Å². The lowest BCUT2D eigenvalue weighted by Gasteiger charge is -2.22. The molecule has 1 atom stereocenters. The Morgan fingerprint density at radius 2 is 2.05 bits per heavy atom. The summed E-state index contributed by atoms with van der Waals surface area (Å²) in [5.74, 6) is -0.424. The number of aromatic nitrogens is 5. The van der Waals surface area contributed by atoms with Crippen LogP contribution in [0.3, 0.4) is 0 Å². The number of alkyl halides is 2. The molecule has 3 N–H and O–H groups in total. The summed E-state index contributed by atoms with van der Waals surface area (Å²) in [7, 11) is 0. The van der Waals surface area contributed by atoms with Crippen LogP contribution < -0.4 is 15.4 Å². The number of H-pyrrole nitrogens is 1. The Morgan fingerprint density at radius 3 is 2.83 bits per heavy atom. The minimum Gasteiger partial charge on any atom is -0.434 e. The van der Waals surface area contributed by atoms with Crippen molar-refractivity contribution in [1.29, 1.82) is 0 Å². The standard InChI is InChI=1S/C27H24ClF2N7O2S/c1-40-18-6-3-16(4-7-18)13-32-21(19-11-17(28)5-8-24(19)39-27(29)30)12-22-23(15-33-36-22)35-26(38)20-14-34-37-10-2-9-31-25(20)37/h2-11,14-15,21,27,32H,12-13H2,1H3,(H,33,36)(H,35,38). The normalized spacial score (nSPS) is 12.1. The van der Waals surface area contributed by atoms with E-state index in [1.165, 1.54) is 22.8 Å². The quantitative estimate of drug-likeness (QED) is 0.170. The van der Waals surface area contributed by atoms with E-state index in [0.717, 1.165) is 10.5 Å². The Kier molecular flexibility index (Phi) is 8.58. The van der Waals surface area contributed by atoms with E-state index in [1.807, 2.05) is 30.5 Å². The van der Waals surface area contributed by atoms with Gasteiger partial charge in [-0.3, -0.25) is 9.89 Å². The number of carbonyl (C=O) groups is 1. The summed E-state index contributed by atoms with van der Waals surface area (Å²) < 4.78 is 32.8. The first-order valence-electron chi connectivity index (χ1n) is 12.1. The number of aromatic amines is 1. The predicted octanol–water partition coefficient (Wildman–Crippen LogP) is 5.76. The molecule has 9 nitrogen and oxygen atoms in total. The van der Waals surface area contributed by atoms with Gasteiger partial charge in [-0.1, -0.05) is 23.7 Å². The Labute approximate surface area is 237 Å². The number of fused-ring (bicyclic) bond motifs is 1. The summed E-state index contributed by atoms with van der Waals surface area (Å²) in [6, 6.07) is 13.7. The summed E-state index contributed by atoms with van der Waals surface area (Å²) in [5, 5.41) is 17.9. The van der Waals surface area contributed by atoms with Gasteiger partial charge in [-0.15, -0.1) is 11.8 Å². The molecule has 0 saturated carbocycles. The van der Waals surface area contributed by atoms with Gasteiger partial charge in [0.05, 0.1) is 17.6 Å². The lowest BCUT2D eigenvalue weighted by atomic mass is 9.99. The average molecular weight is 584 g/mol. The summed E-state index contributed by atoms with van der Waals surface area (Å²) in [6.07, 6.45) is 8.47. The number of thioether (sulfide) groups is 1. The molecule has 206 valence electrons. The number of anilines is 1. The zero-order valence-corrected chi connectivity index (χ0v) is 22.7. The number of nitrogens with zero attached hydrogens (tertiary/aromatic N) is 4. The summed E-state index contributed by atoms with van der Waals surface area (Å²) in [5.41, 5.74) is 3.05. The monoisotopic (exact) mass is 583 g/mol. The van der Waals surface area contributed by atoms with E-state index < -0.39 is 18.6 Å². The van der Waals surface area contributed by atoms with Gasteiger partial charge in [0.1, 0.15) is 11.3 Å². The highest BCUT2D eigenvalue weighted by Gasteiger charge is 2.23. The van der Waals surface area contributed by atoms with Gasteiger partial charge in [-0.25, -0.2) is 9.50 Å². The average Bonchev–Trinajstić information content (AvgIpc) is 3.59. The van der Waals surface area contributed by atoms with E-state index in [4.69, 9.17) is 16.3 Å². The van der Waals surface area contributed by atoms with Crippen LogP contribution in [0.25, 0.3) is 5.65 Å². The minimum absolute atomic E-state index is 0.00631. The van der Waals surface area contributed by atoms with Crippen molar-refractivity contribution in [1.82, 2.24) is 30.1 Å². The van der Waals surface area contributed by atoms with Crippen LogP contribution >= 0.6 is 23.4 Å². The predicted molar refractivity (Wildman–Crippen MR) is 149 cm³/mol. The van der Waals surface area contributed by atoms with Gasteiger partial charge in [0.15, 0.2) is 5.65 Å². The van der Waals surface area contributed by atoms with Crippen LogP contribution in [0, 0.1) is 0 Å². The first-order chi connectivity index (χ1) is 19.4. The number of rotatable bonds is 11. The van der Waals surface area contributed by atoms with Crippen LogP contribution in [0.4, 0.5) is 14.5 Å². The Bertz CT molecular complexity index is 1610. The molecular formula is C27H24ClF2N7O2S. The number of amides is 1. The molecule has 0 bridgehead atoms. The largest absolute Gasteiger partial charge is 0.434 e. The number of hydrogen-bond acceptors (Lipinski definition) is 7. The molecule has 0 radical (unpaired) electrons. The number of hydrogen-bond donors (Lipinski definition) is 3. The van der Waals surface area contributed by atoms with Gasteiger partial charge in [-0.2, -0.15) is 19.0 Å². The molecule has 0 aliphatic carbocycles. The number of carbonyl (C=O) groups excluding carboxylic acids is 1. The molecule has 1 unspecified atom stereocenters. The Hall–Kier alpha value is -4.00. The second-order valence-electron chi connectivity index (χ2n) is 8.69. The minimum atomic E-state index is -3.01. The van der Waals surface area contributed by atoms with Crippen LogP contribution in [0.2, 0.25) is 5.02 Å². The number of halogens is 3. The molecule has 0 saturated heterocycles. The van der Waals surface area contributed by atoms with E-state index in [9.17, 15) is 13.6 Å². The van der Waals surface area contributed by atoms with E-state index in [-0.39, 0.29) is 12.2 Å². The topological polar surface area (TPSA) is 109 Å². The fraction of sp³-hybridized carbons (Fsp3) is 0.185. The summed E-state index contributed by atoms with van der Waals surface area (Å²) in [6.45, 7) is -2.58. The SMILES string of the molecule is CSc1ccc(CNC(Cc2n[nH]cc2NC(=O)c2cnn3cccnc23)c2cc(Cl)ccc2OC(F)F)cc1. The maximum absolute atomic E-state index is 13.3. The second kappa shape index (κ2) is 12.5. The van der Waals surface area contributed by atoms with E-state index in [1.54, 1.807) is 42.5 Å². The number of nitrogens with one attached hydrogen (secondary N) is 3. The molecule has 0 aliphatic heterocycles. The zero-order chi connectivity index (χ0) is 28.1. The van der Waals surface area contributed by atoms with Crippen molar-refractivity contribution in [3.8, 4) is 5.75 Å². The highest BCUT2D eigenvalue weighted by atomic mass is 35.5. The molecule has 0 spiro atoms. The van der Waals surface area contributed by atoms with Crippen LogP contribution in [0.1, 0.15) is 33.2 Å². The molecule has 13 heteroatoms. The maximum atomic E-state index is 13.3. The molecule has 0 fully saturated rings. The first kappa shape index (κ1) is 27.6. The molecule has 0 aliphatic rings. The Balaban J connectivity index is 1.42. The molecule has 2 aromatic carbocycles. The van der Waals surface area contributed by atoms with Gasteiger partial charge in [0, 0.05) is 53.1 Å².